The summed E-state index contributed by atoms with van der Waals surface area (Å²) in [7, 11) is 0. The molecule has 0 heterocycles. The van der Waals surface area contributed by atoms with Crippen molar-refractivity contribution in [2.24, 2.45) is 5.41 Å². The molecule has 1 N–H and O–H groups in total. The molecule has 0 bridgehead atoms. The van der Waals surface area contributed by atoms with Gasteiger partial charge in [-0.25, -0.2) is 0 Å². The average molecular weight is 258 g/mol. The van der Waals surface area contributed by atoms with E-state index in [1.54, 1.807) is 0 Å². The van der Waals surface area contributed by atoms with Crippen LogP contribution in [0.25, 0.3) is 0 Å². The summed E-state index contributed by atoms with van der Waals surface area (Å²) in [5.41, 5.74) is 3.00. The monoisotopic (exact) mass is 258 g/mol. The maximum absolute atomic E-state index is 8.94. The Hall–Kier alpha value is -1.53. The first-order valence-corrected chi connectivity index (χ1v) is 6.88. The molecule has 0 aromatic heterocycles. The fourth-order valence-electron chi connectivity index (χ4n) is 2.69. The summed E-state index contributed by atoms with van der Waals surface area (Å²) >= 11 is 0. The van der Waals surface area contributed by atoms with Crippen LogP contribution >= 0.6 is 0 Å². The molecule has 2 unspecified atom stereocenters. The van der Waals surface area contributed by atoms with E-state index < -0.39 is 0 Å². The molecule has 3 heteroatoms. The number of nitrogens with zero attached hydrogens (tertiary/aromatic N) is 1. The second-order valence-corrected chi connectivity index (χ2v) is 5.84. The van der Waals surface area contributed by atoms with Gasteiger partial charge in [0.05, 0.1) is 17.7 Å². The summed E-state index contributed by atoms with van der Waals surface area (Å²) in [6.45, 7) is 9.27. The fraction of sp³-hybridized carbons (Fsp3) is 0.562. The molecule has 1 fully saturated rings. The zero-order chi connectivity index (χ0) is 14.0. The summed E-state index contributed by atoms with van der Waals surface area (Å²) in [6, 6.07) is 8.53. The van der Waals surface area contributed by atoms with E-state index in [1.807, 2.05) is 32.0 Å². The van der Waals surface area contributed by atoms with E-state index in [-0.39, 0.29) is 5.41 Å². The minimum Gasteiger partial charge on any atom is -0.382 e. The number of aryl methyl sites for hydroxylation is 1. The maximum atomic E-state index is 8.94. The van der Waals surface area contributed by atoms with Gasteiger partial charge in [-0.3, -0.25) is 0 Å². The highest BCUT2D eigenvalue weighted by Gasteiger charge is 2.48. The third kappa shape index (κ3) is 2.59. The Labute approximate surface area is 115 Å². The number of anilines is 1. The Morgan fingerprint density at radius 3 is 2.74 bits per heavy atom. The van der Waals surface area contributed by atoms with Crippen molar-refractivity contribution in [2.75, 3.05) is 11.9 Å². The molecule has 0 aliphatic heterocycles. The van der Waals surface area contributed by atoms with Crippen LogP contribution in [0.5, 0.6) is 0 Å². The van der Waals surface area contributed by atoms with Gasteiger partial charge in [-0.1, -0.05) is 13.8 Å². The van der Waals surface area contributed by atoms with Crippen LogP contribution in [0.4, 0.5) is 5.69 Å². The fourth-order valence-corrected chi connectivity index (χ4v) is 2.69. The van der Waals surface area contributed by atoms with Gasteiger partial charge in [0.15, 0.2) is 0 Å². The molecule has 2 atom stereocenters. The van der Waals surface area contributed by atoms with E-state index in [9.17, 15) is 0 Å². The van der Waals surface area contributed by atoms with E-state index in [2.05, 4.69) is 25.2 Å². The van der Waals surface area contributed by atoms with Crippen molar-refractivity contribution in [3.63, 3.8) is 0 Å². The smallest absolute Gasteiger partial charge is 0.0994 e. The number of nitriles is 1. The van der Waals surface area contributed by atoms with Crippen LogP contribution in [-0.2, 0) is 4.74 Å². The van der Waals surface area contributed by atoms with Crippen LogP contribution in [0.15, 0.2) is 18.2 Å². The Morgan fingerprint density at radius 1 is 1.47 bits per heavy atom. The maximum Gasteiger partial charge on any atom is 0.0994 e. The predicted octanol–water partition coefficient (Wildman–Crippen LogP) is 3.48. The summed E-state index contributed by atoms with van der Waals surface area (Å²) in [4.78, 5) is 0. The standard InChI is InChI=1S/C16H22N2O/c1-5-19-15-9-14(16(15,3)4)18-13-7-6-12(10-17)11(2)8-13/h6-8,14-15,18H,5,9H2,1-4H3. The minimum atomic E-state index is 0.151. The molecule has 1 aliphatic rings. The van der Waals surface area contributed by atoms with Crippen molar-refractivity contribution in [1.29, 1.82) is 5.26 Å². The van der Waals surface area contributed by atoms with Gasteiger partial charge in [0.1, 0.15) is 0 Å². The van der Waals surface area contributed by atoms with Crippen molar-refractivity contribution in [1.82, 2.24) is 0 Å². The van der Waals surface area contributed by atoms with Gasteiger partial charge in [0.25, 0.3) is 0 Å². The van der Waals surface area contributed by atoms with Crippen molar-refractivity contribution >= 4 is 5.69 Å². The SMILES string of the molecule is CCOC1CC(Nc2ccc(C#N)c(C)c2)C1(C)C. The van der Waals surface area contributed by atoms with Crippen molar-refractivity contribution < 1.29 is 4.74 Å². The third-order valence-electron chi connectivity index (χ3n) is 4.23. The third-order valence-corrected chi connectivity index (χ3v) is 4.23. The molecule has 0 spiro atoms. The topological polar surface area (TPSA) is 45.0 Å². The van der Waals surface area contributed by atoms with Gasteiger partial charge in [0, 0.05) is 23.8 Å². The predicted molar refractivity (Wildman–Crippen MR) is 77.1 cm³/mol. The lowest BCUT2D eigenvalue weighted by Gasteiger charge is -2.52. The molecular formula is C16H22N2O. The Balaban J connectivity index is 2.04. The van der Waals surface area contributed by atoms with Gasteiger partial charge < -0.3 is 10.1 Å². The van der Waals surface area contributed by atoms with Crippen molar-refractivity contribution in [3.8, 4) is 6.07 Å². The molecule has 102 valence electrons. The molecule has 0 amide bonds. The van der Waals surface area contributed by atoms with Crippen molar-refractivity contribution in [2.45, 2.75) is 46.3 Å². The molecule has 1 aromatic carbocycles. The van der Waals surface area contributed by atoms with Crippen LogP contribution in [0, 0.1) is 23.7 Å². The molecule has 1 aromatic rings. The van der Waals surface area contributed by atoms with Crippen LogP contribution < -0.4 is 5.32 Å². The van der Waals surface area contributed by atoms with Gasteiger partial charge in [-0.15, -0.1) is 0 Å². The van der Waals surface area contributed by atoms with Gasteiger partial charge in [0.2, 0.25) is 0 Å². The van der Waals surface area contributed by atoms with E-state index >= 15 is 0 Å². The number of nitrogens with one attached hydrogen (secondary N) is 1. The summed E-state index contributed by atoms with van der Waals surface area (Å²) < 4.78 is 5.74. The largest absolute Gasteiger partial charge is 0.382 e. The number of benzene rings is 1. The normalized spacial score (nSPS) is 24.4. The Morgan fingerprint density at radius 2 is 2.21 bits per heavy atom. The lowest BCUT2D eigenvalue weighted by Crippen LogP contribution is -2.58. The molecule has 0 saturated heterocycles. The average Bonchev–Trinajstić information content (AvgIpc) is 2.38. The summed E-state index contributed by atoms with van der Waals surface area (Å²) in [5.74, 6) is 0. The Bertz CT molecular complexity index is 502. The van der Waals surface area contributed by atoms with Crippen LogP contribution in [0.2, 0.25) is 0 Å². The molecular weight excluding hydrogens is 236 g/mol. The van der Waals surface area contributed by atoms with E-state index in [1.165, 1.54) is 0 Å². The van der Waals surface area contributed by atoms with Crippen molar-refractivity contribution in [3.05, 3.63) is 29.3 Å². The summed E-state index contributed by atoms with van der Waals surface area (Å²) in [6.07, 6.45) is 1.38. The number of hydrogen-bond donors (Lipinski definition) is 1. The first-order valence-electron chi connectivity index (χ1n) is 6.88. The van der Waals surface area contributed by atoms with Crippen LogP contribution in [0.1, 0.15) is 38.3 Å². The van der Waals surface area contributed by atoms with Crippen LogP contribution in [-0.4, -0.2) is 18.8 Å². The number of ether oxygens (including phenoxy) is 1. The molecule has 0 radical (unpaired) electrons. The first-order chi connectivity index (χ1) is 8.98. The minimum absolute atomic E-state index is 0.151. The highest BCUT2D eigenvalue weighted by molar-refractivity contribution is 5.52. The van der Waals surface area contributed by atoms with E-state index in [4.69, 9.17) is 10.00 Å². The zero-order valence-corrected chi connectivity index (χ0v) is 12.2. The van der Waals surface area contributed by atoms with E-state index in [0.29, 0.717) is 12.1 Å². The van der Waals surface area contributed by atoms with Gasteiger partial charge in [-0.05, 0) is 44.0 Å². The number of rotatable bonds is 4. The molecule has 19 heavy (non-hydrogen) atoms. The highest BCUT2D eigenvalue weighted by atomic mass is 16.5. The van der Waals surface area contributed by atoms with Gasteiger partial charge in [-0.2, -0.15) is 5.26 Å². The highest BCUT2D eigenvalue weighted by Crippen LogP contribution is 2.44. The second-order valence-electron chi connectivity index (χ2n) is 5.84. The first kappa shape index (κ1) is 13.9. The molecule has 3 nitrogen and oxygen atoms in total. The Kier molecular flexibility index (Phi) is 3.82. The number of hydrogen-bond acceptors (Lipinski definition) is 3. The van der Waals surface area contributed by atoms with E-state index in [0.717, 1.165) is 29.8 Å². The molecule has 2 rings (SSSR count). The zero-order valence-electron chi connectivity index (χ0n) is 12.2. The van der Waals surface area contributed by atoms with Crippen LogP contribution in [0.3, 0.4) is 0 Å². The lowest BCUT2D eigenvalue weighted by atomic mass is 9.64. The van der Waals surface area contributed by atoms with Gasteiger partial charge >= 0.3 is 0 Å². The second kappa shape index (κ2) is 5.22. The lowest BCUT2D eigenvalue weighted by molar-refractivity contribution is -0.0975. The summed E-state index contributed by atoms with van der Waals surface area (Å²) in [5, 5.41) is 12.5. The molecule has 1 aliphatic carbocycles. The molecule has 1 saturated carbocycles. The quantitative estimate of drug-likeness (QED) is 0.899.